The number of imidazole rings is 1. The highest BCUT2D eigenvalue weighted by Crippen LogP contribution is 2.41. The first-order valence-electron chi connectivity index (χ1n) is 13.8. The summed E-state index contributed by atoms with van der Waals surface area (Å²) in [7, 11) is 0. The maximum atomic E-state index is 13.5. The summed E-state index contributed by atoms with van der Waals surface area (Å²) < 4.78 is 13.8. The molecule has 6 rings (SSSR count). The third-order valence-electron chi connectivity index (χ3n) is 7.51. The second-order valence-electron chi connectivity index (χ2n) is 10.4. The molecule has 8 nitrogen and oxygen atoms in total. The van der Waals surface area contributed by atoms with Gasteiger partial charge in [-0.25, -0.2) is 4.98 Å². The van der Waals surface area contributed by atoms with E-state index >= 15 is 0 Å². The van der Waals surface area contributed by atoms with Gasteiger partial charge in [0.15, 0.2) is 0 Å². The Hall–Kier alpha value is -4.85. The van der Waals surface area contributed by atoms with Crippen molar-refractivity contribution in [1.82, 2.24) is 14.5 Å². The summed E-state index contributed by atoms with van der Waals surface area (Å²) in [6.45, 7) is 3.33. The highest BCUT2D eigenvalue weighted by molar-refractivity contribution is 6.46. The van der Waals surface area contributed by atoms with Gasteiger partial charge in [0.05, 0.1) is 17.9 Å². The second kappa shape index (κ2) is 11.3. The van der Waals surface area contributed by atoms with Gasteiger partial charge in [-0.3, -0.25) is 9.59 Å². The Bertz CT molecular complexity index is 1600. The van der Waals surface area contributed by atoms with E-state index in [1.165, 1.54) is 0 Å². The number of ether oxygens (including phenoxy) is 2. The Morgan fingerprint density at radius 3 is 2.71 bits per heavy atom. The average Bonchev–Trinajstić information content (AvgIpc) is 3.70. The summed E-state index contributed by atoms with van der Waals surface area (Å²) in [6, 6.07) is 21.9. The van der Waals surface area contributed by atoms with Crippen molar-refractivity contribution < 1.29 is 24.2 Å². The number of hydrogen-bond donors (Lipinski definition) is 1. The van der Waals surface area contributed by atoms with Crippen LogP contribution >= 0.6 is 0 Å². The molecule has 1 aromatic heterocycles. The smallest absolute Gasteiger partial charge is 0.295 e. The Morgan fingerprint density at radius 1 is 1.05 bits per heavy atom. The quantitative estimate of drug-likeness (QED) is 0.173. The second-order valence-corrected chi connectivity index (χ2v) is 10.4. The van der Waals surface area contributed by atoms with Crippen LogP contribution in [0.1, 0.15) is 41.6 Å². The number of aromatic nitrogens is 2. The van der Waals surface area contributed by atoms with Crippen molar-refractivity contribution in [2.24, 2.45) is 0 Å². The molecule has 4 aromatic rings. The summed E-state index contributed by atoms with van der Waals surface area (Å²) in [5, 5.41) is 11.5. The average molecular weight is 550 g/mol. The van der Waals surface area contributed by atoms with Crippen LogP contribution in [0.5, 0.6) is 11.5 Å². The zero-order chi connectivity index (χ0) is 28.3. The molecule has 0 aliphatic carbocycles. The lowest BCUT2D eigenvalue weighted by Gasteiger charge is -2.26. The van der Waals surface area contributed by atoms with Gasteiger partial charge in [-0.2, -0.15) is 0 Å². The highest BCUT2D eigenvalue weighted by Gasteiger charge is 2.46. The van der Waals surface area contributed by atoms with E-state index in [1.807, 2.05) is 84.4 Å². The molecule has 0 radical (unpaired) electrons. The van der Waals surface area contributed by atoms with Crippen LogP contribution in [0.15, 0.2) is 97.1 Å². The van der Waals surface area contributed by atoms with E-state index in [0.29, 0.717) is 49.4 Å². The number of benzene rings is 3. The van der Waals surface area contributed by atoms with Crippen LogP contribution in [0.4, 0.5) is 0 Å². The Morgan fingerprint density at radius 2 is 1.90 bits per heavy atom. The number of aliphatic hydroxyl groups excluding tert-OH is 1. The van der Waals surface area contributed by atoms with E-state index in [9.17, 15) is 14.7 Å². The number of aliphatic hydroxyl groups is 1. The molecule has 2 atom stereocenters. The lowest BCUT2D eigenvalue weighted by molar-refractivity contribution is -0.139. The van der Waals surface area contributed by atoms with E-state index < -0.39 is 17.7 Å². The number of hydrogen-bond acceptors (Lipinski definition) is 6. The van der Waals surface area contributed by atoms with E-state index in [2.05, 4.69) is 4.98 Å². The fourth-order valence-electron chi connectivity index (χ4n) is 5.54. The van der Waals surface area contributed by atoms with Crippen molar-refractivity contribution in [2.75, 3.05) is 6.54 Å². The minimum Gasteiger partial charge on any atom is -0.507 e. The molecule has 0 spiro atoms. The maximum absolute atomic E-state index is 13.5. The summed E-state index contributed by atoms with van der Waals surface area (Å²) in [6.07, 6.45) is 6.65. The number of amides is 1. The number of Topliss-reactive ketones (excluding diaryl/α,β-unsaturated/α-hetero) is 1. The van der Waals surface area contributed by atoms with Gasteiger partial charge < -0.3 is 24.0 Å². The predicted octanol–water partition coefficient (Wildman–Crippen LogP) is 5.30. The minimum atomic E-state index is -0.763. The first kappa shape index (κ1) is 26.4. The van der Waals surface area contributed by atoms with Crippen molar-refractivity contribution >= 4 is 17.4 Å². The molecule has 0 saturated carbocycles. The van der Waals surface area contributed by atoms with Crippen molar-refractivity contribution in [3.05, 3.63) is 119 Å². The fraction of sp³-hybridized carbons (Fsp3) is 0.242. The van der Waals surface area contributed by atoms with Gasteiger partial charge in [0.2, 0.25) is 0 Å². The topological polar surface area (TPSA) is 93.9 Å². The van der Waals surface area contributed by atoms with Crippen LogP contribution in [0.3, 0.4) is 0 Å². The number of fused-ring (bicyclic) bond motifs is 1. The molecule has 1 saturated heterocycles. The molecule has 8 heteroatoms. The summed E-state index contributed by atoms with van der Waals surface area (Å²) >= 11 is 0. The normalized spacial score (nSPS) is 19.3. The summed E-state index contributed by atoms with van der Waals surface area (Å²) in [4.78, 5) is 32.6. The molecule has 41 heavy (non-hydrogen) atoms. The molecule has 0 bridgehead atoms. The molecule has 2 aliphatic heterocycles. The number of carbonyl (C=O) groups excluding carboxylic acids is 2. The molecule has 3 heterocycles. The standard InChI is InChI=1S/C33H31N3O5/c1-22-17-26-18-25(11-12-28(26)41-22)31(37)29-30(36(33(39)32(29)38)15-6-14-35-16-13-34-21-35)24-9-5-10-27(19-24)40-20-23-7-3-2-4-8-23/h2-5,7-13,16,18-19,21-22,30,37H,6,14-15,17,20H2,1H3/t22-,30-/m0/s1. The highest BCUT2D eigenvalue weighted by atomic mass is 16.5. The molecule has 3 aromatic carbocycles. The van der Waals surface area contributed by atoms with Crippen LogP contribution in [0.25, 0.3) is 5.76 Å². The van der Waals surface area contributed by atoms with Crippen molar-refractivity contribution in [2.45, 2.75) is 45.1 Å². The van der Waals surface area contributed by atoms with Crippen LogP contribution in [-0.4, -0.2) is 43.9 Å². The number of carbonyl (C=O) groups is 2. The van der Waals surface area contributed by atoms with Crippen LogP contribution < -0.4 is 9.47 Å². The fourth-order valence-corrected chi connectivity index (χ4v) is 5.54. The number of aryl methyl sites for hydroxylation is 1. The SMILES string of the molecule is C[C@H]1Cc2cc(C(O)=C3C(=O)C(=O)N(CCCn4ccnc4)[C@H]3c3cccc(OCc4ccccc4)c3)ccc2O1. The van der Waals surface area contributed by atoms with E-state index in [4.69, 9.17) is 9.47 Å². The monoisotopic (exact) mass is 549 g/mol. The third-order valence-corrected chi connectivity index (χ3v) is 7.51. The summed E-state index contributed by atoms with van der Waals surface area (Å²) in [5.74, 6) is -0.136. The summed E-state index contributed by atoms with van der Waals surface area (Å²) in [5.41, 5.74) is 3.24. The van der Waals surface area contributed by atoms with Gasteiger partial charge in [0.25, 0.3) is 11.7 Å². The van der Waals surface area contributed by atoms with Crippen molar-refractivity contribution in [3.63, 3.8) is 0 Å². The number of likely N-dealkylation sites (tertiary alicyclic amines) is 1. The molecule has 1 N–H and O–H groups in total. The lowest BCUT2D eigenvalue weighted by Crippen LogP contribution is -2.31. The molecule has 1 fully saturated rings. The zero-order valence-electron chi connectivity index (χ0n) is 22.8. The van der Waals surface area contributed by atoms with Gasteiger partial charge in [0.1, 0.15) is 30.0 Å². The van der Waals surface area contributed by atoms with E-state index in [-0.39, 0.29) is 17.4 Å². The molecular formula is C33H31N3O5. The van der Waals surface area contributed by atoms with Gasteiger partial charge in [-0.05, 0) is 60.4 Å². The molecular weight excluding hydrogens is 518 g/mol. The number of ketones is 1. The Labute approximate surface area is 238 Å². The molecule has 0 unspecified atom stereocenters. The maximum Gasteiger partial charge on any atom is 0.295 e. The van der Waals surface area contributed by atoms with Crippen molar-refractivity contribution in [1.29, 1.82) is 0 Å². The molecule has 208 valence electrons. The van der Waals surface area contributed by atoms with E-state index in [1.54, 1.807) is 23.5 Å². The number of nitrogens with zero attached hydrogens (tertiary/aromatic N) is 3. The third kappa shape index (κ3) is 5.45. The minimum absolute atomic E-state index is 0.0436. The molecule has 2 aliphatic rings. The van der Waals surface area contributed by atoms with Gasteiger partial charge >= 0.3 is 0 Å². The number of rotatable bonds is 9. The Kier molecular flexibility index (Phi) is 7.29. The predicted molar refractivity (Wildman–Crippen MR) is 153 cm³/mol. The van der Waals surface area contributed by atoms with Gasteiger partial charge in [-0.1, -0.05) is 42.5 Å². The largest absolute Gasteiger partial charge is 0.507 e. The van der Waals surface area contributed by atoms with Crippen LogP contribution in [0.2, 0.25) is 0 Å². The Balaban J connectivity index is 1.35. The lowest BCUT2D eigenvalue weighted by atomic mass is 9.94. The molecule has 1 amide bonds. The van der Waals surface area contributed by atoms with Crippen molar-refractivity contribution in [3.8, 4) is 11.5 Å². The van der Waals surface area contributed by atoms with E-state index in [0.717, 1.165) is 16.9 Å². The van der Waals surface area contributed by atoms with Crippen LogP contribution in [0, 0.1) is 0 Å². The van der Waals surface area contributed by atoms with Gasteiger partial charge in [0, 0.05) is 37.5 Å². The first-order chi connectivity index (χ1) is 20.0. The zero-order valence-corrected chi connectivity index (χ0v) is 22.8. The first-order valence-corrected chi connectivity index (χ1v) is 13.8. The van der Waals surface area contributed by atoms with Crippen LogP contribution in [-0.2, 0) is 29.2 Å². The van der Waals surface area contributed by atoms with Gasteiger partial charge in [-0.15, -0.1) is 0 Å².